The second-order valence-corrected chi connectivity index (χ2v) is 6.75. The Labute approximate surface area is 118 Å². The summed E-state index contributed by atoms with van der Waals surface area (Å²) < 4.78 is 38.3. The Morgan fingerprint density at radius 1 is 1.25 bits per heavy atom. The highest BCUT2D eigenvalue weighted by Crippen LogP contribution is 2.02. The van der Waals surface area contributed by atoms with Gasteiger partial charge in [-0.3, -0.25) is 4.79 Å². The summed E-state index contributed by atoms with van der Waals surface area (Å²) in [6, 6.07) is 5.04. The van der Waals surface area contributed by atoms with E-state index < -0.39 is 21.7 Å². The van der Waals surface area contributed by atoms with Crippen molar-refractivity contribution in [1.29, 1.82) is 0 Å². The zero-order chi connectivity index (χ0) is 15.2. The lowest BCUT2D eigenvalue weighted by Crippen LogP contribution is -2.35. The number of benzene rings is 1. The SMILES string of the molecule is CC(C)CNS(=O)(=O)CCNC(=O)c1ccc(F)cc1. The van der Waals surface area contributed by atoms with Crippen LogP contribution in [0.2, 0.25) is 0 Å². The van der Waals surface area contributed by atoms with Crippen molar-refractivity contribution < 1.29 is 17.6 Å². The van der Waals surface area contributed by atoms with Gasteiger partial charge < -0.3 is 5.32 Å². The van der Waals surface area contributed by atoms with Gasteiger partial charge in [0.15, 0.2) is 0 Å². The summed E-state index contributed by atoms with van der Waals surface area (Å²) in [5.41, 5.74) is 0.291. The Morgan fingerprint density at radius 2 is 1.85 bits per heavy atom. The van der Waals surface area contributed by atoms with Crippen LogP contribution in [-0.2, 0) is 10.0 Å². The van der Waals surface area contributed by atoms with Crippen molar-refractivity contribution in [2.24, 2.45) is 5.92 Å². The van der Waals surface area contributed by atoms with Crippen LogP contribution < -0.4 is 10.0 Å². The first-order valence-corrected chi connectivity index (χ1v) is 7.96. The van der Waals surface area contributed by atoms with Crippen LogP contribution in [0.5, 0.6) is 0 Å². The van der Waals surface area contributed by atoms with Gasteiger partial charge in [0.2, 0.25) is 10.0 Å². The highest BCUT2D eigenvalue weighted by molar-refractivity contribution is 7.89. The predicted molar refractivity (Wildman–Crippen MR) is 75.4 cm³/mol. The third-order valence-corrected chi connectivity index (χ3v) is 3.82. The molecule has 7 heteroatoms. The third kappa shape index (κ3) is 6.12. The van der Waals surface area contributed by atoms with E-state index in [0.717, 1.165) is 0 Å². The number of sulfonamides is 1. The van der Waals surface area contributed by atoms with E-state index >= 15 is 0 Å². The highest BCUT2D eigenvalue weighted by atomic mass is 32.2. The van der Waals surface area contributed by atoms with Gasteiger partial charge in [0, 0.05) is 18.7 Å². The van der Waals surface area contributed by atoms with Crippen molar-refractivity contribution in [3.05, 3.63) is 35.6 Å². The van der Waals surface area contributed by atoms with Crippen molar-refractivity contribution in [1.82, 2.24) is 10.0 Å². The van der Waals surface area contributed by atoms with Gasteiger partial charge in [-0.15, -0.1) is 0 Å². The van der Waals surface area contributed by atoms with Gasteiger partial charge in [-0.2, -0.15) is 0 Å². The van der Waals surface area contributed by atoms with Crippen LogP contribution in [0.3, 0.4) is 0 Å². The van der Waals surface area contributed by atoms with E-state index in [1.807, 2.05) is 13.8 Å². The first-order valence-electron chi connectivity index (χ1n) is 6.31. The van der Waals surface area contributed by atoms with Crippen molar-refractivity contribution in [3.8, 4) is 0 Å². The maximum atomic E-state index is 12.7. The van der Waals surface area contributed by atoms with E-state index in [1.54, 1.807) is 0 Å². The molecule has 0 saturated carbocycles. The Hall–Kier alpha value is -1.47. The number of halogens is 1. The molecule has 112 valence electrons. The molecule has 0 unspecified atom stereocenters. The number of hydrogen-bond acceptors (Lipinski definition) is 3. The molecule has 1 aromatic carbocycles. The molecule has 5 nitrogen and oxygen atoms in total. The van der Waals surface area contributed by atoms with E-state index in [0.29, 0.717) is 12.1 Å². The summed E-state index contributed by atoms with van der Waals surface area (Å²) in [5, 5.41) is 2.48. The summed E-state index contributed by atoms with van der Waals surface area (Å²) >= 11 is 0. The smallest absolute Gasteiger partial charge is 0.251 e. The standard InChI is InChI=1S/C13H19FN2O3S/c1-10(2)9-16-20(18,19)8-7-15-13(17)11-3-5-12(14)6-4-11/h3-6,10,16H,7-9H2,1-2H3,(H,15,17). The molecule has 1 rings (SSSR count). The molecule has 0 fully saturated rings. The summed E-state index contributed by atoms with van der Waals surface area (Å²) in [6.45, 7) is 4.18. The summed E-state index contributed by atoms with van der Waals surface area (Å²) in [6.07, 6.45) is 0. The Morgan fingerprint density at radius 3 is 2.40 bits per heavy atom. The zero-order valence-corrected chi connectivity index (χ0v) is 12.3. The lowest BCUT2D eigenvalue weighted by atomic mass is 10.2. The minimum atomic E-state index is -3.39. The Kier molecular flexibility index (Phi) is 6.09. The number of carbonyl (C=O) groups is 1. The number of carbonyl (C=O) groups excluding carboxylic acids is 1. The zero-order valence-electron chi connectivity index (χ0n) is 11.5. The minimum absolute atomic E-state index is 0.00361. The quantitative estimate of drug-likeness (QED) is 0.793. The second kappa shape index (κ2) is 7.35. The molecule has 0 heterocycles. The number of hydrogen-bond donors (Lipinski definition) is 2. The van der Waals surface area contributed by atoms with Crippen molar-refractivity contribution in [3.63, 3.8) is 0 Å². The van der Waals surface area contributed by atoms with Gasteiger partial charge in [0.25, 0.3) is 5.91 Å². The van der Waals surface area contributed by atoms with E-state index in [-0.39, 0.29) is 18.2 Å². The molecule has 0 bridgehead atoms. The lowest BCUT2D eigenvalue weighted by Gasteiger charge is -2.09. The van der Waals surface area contributed by atoms with Gasteiger partial charge >= 0.3 is 0 Å². The van der Waals surface area contributed by atoms with Crippen LogP contribution in [-0.4, -0.2) is 33.2 Å². The maximum Gasteiger partial charge on any atom is 0.251 e. The minimum Gasteiger partial charge on any atom is -0.351 e. The van der Waals surface area contributed by atoms with Crippen LogP contribution in [0.1, 0.15) is 24.2 Å². The average Bonchev–Trinajstić information content (AvgIpc) is 2.37. The van der Waals surface area contributed by atoms with Crippen LogP contribution in [0, 0.1) is 11.7 Å². The molecule has 0 atom stereocenters. The van der Waals surface area contributed by atoms with Crippen LogP contribution in [0.4, 0.5) is 4.39 Å². The molecular formula is C13H19FN2O3S. The molecule has 0 aliphatic rings. The summed E-state index contributed by atoms with van der Waals surface area (Å²) in [5.74, 6) is -0.822. The highest BCUT2D eigenvalue weighted by Gasteiger charge is 2.12. The first-order chi connectivity index (χ1) is 9.30. The molecule has 0 aromatic heterocycles. The van der Waals surface area contributed by atoms with Gasteiger partial charge in [-0.25, -0.2) is 17.5 Å². The Balaban J connectivity index is 2.40. The molecule has 1 amide bonds. The number of amides is 1. The molecular weight excluding hydrogens is 283 g/mol. The number of rotatable bonds is 7. The van der Waals surface area contributed by atoms with Gasteiger partial charge in [-0.05, 0) is 30.2 Å². The fourth-order valence-corrected chi connectivity index (χ4v) is 2.47. The summed E-state index contributed by atoms with van der Waals surface area (Å²) in [4.78, 5) is 11.7. The van der Waals surface area contributed by atoms with Crippen LogP contribution in [0.25, 0.3) is 0 Å². The maximum absolute atomic E-state index is 12.7. The van der Waals surface area contributed by atoms with Gasteiger partial charge in [0.1, 0.15) is 5.82 Å². The second-order valence-electron chi connectivity index (χ2n) is 4.82. The average molecular weight is 302 g/mol. The van der Waals surface area contributed by atoms with Crippen LogP contribution in [0.15, 0.2) is 24.3 Å². The van der Waals surface area contributed by atoms with E-state index in [9.17, 15) is 17.6 Å². The van der Waals surface area contributed by atoms with Crippen molar-refractivity contribution in [2.45, 2.75) is 13.8 Å². The topological polar surface area (TPSA) is 75.3 Å². The van der Waals surface area contributed by atoms with Crippen molar-refractivity contribution >= 4 is 15.9 Å². The molecule has 0 spiro atoms. The molecule has 1 aromatic rings. The summed E-state index contributed by atoms with van der Waals surface area (Å²) in [7, 11) is -3.39. The van der Waals surface area contributed by atoms with Gasteiger partial charge in [0.05, 0.1) is 5.75 Å². The fourth-order valence-electron chi connectivity index (χ4n) is 1.37. The van der Waals surface area contributed by atoms with E-state index in [4.69, 9.17) is 0 Å². The molecule has 0 aliphatic heterocycles. The van der Waals surface area contributed by atoms with Gasteiger partial charge in [-0.1, -0.05) is 13.8 Å². The lowest BCUT2D eigenvalue weighted by molar-refractivity contribution is 0.0956. The number of nitrogens with one attached hydrogen (secondary N) is 2. The molecule has 2 N–H and O–H groups in total. The molecule has 0 saturated heterocycles. The Bertz CT molecular complexity index is 541. The first kappa shape index (κ1) is 16.6. The van der Waals surface area contributed by atoms with Crippen molar-refractivity contribution in [2.75, 3.05) is 18.8 Å². The largest absolute Gasteiger partial charge is 0.351 e. The molecule has 0 aliphatic carbocycles. The predicted octanol–water partition coefficient (Wildman–Crippen LogP) is 1.13. The molecule has 20 heavy (non-hydrogen) atoms. The monoisotopic (exact) mass is 302 g/mol. The third-order valence-electron chi connectivity index (χ3n) is 2.47. The van der Waals surface area contributed by atoms with Crippen LogP contribution >= 0.6 is 0 Å². The normalized spacial score (nSPS) is 11.6. The van der Waals surface area contributed by atoms with E-state index in [2.05, 4.69) is 10.0 Å². The molecule has 0 radical (unpaired) electrons. The fraction of sp³-hybridized carbons (Fsp3) is 0.462. The van der Waals surface area contributed by atoms with E-state index in [1.165, 1.54) is 24.3 Å².